The van der Waals surface area contributed by atoms with E-state index in [0.29, 0.717) is 50.5 Å². The Labute approximate surface area is 288 Å². The monoisotopic (exact) mass is 757 g/mol. The number of H-pyrrole nitrogens is 1. The number of aryl methyl sites for hydroxylation is 1. The van der Waals surface area contributed by atoms with Gasteiger partial charge in [-0.2, -0.15) is 26.3 Å². The van der Waals surface area contributed by atoms with Crippen LogP contribution in [0, 0.1) is 0 Å². The van der Waals surface area contributed by atoms with E-state index in [1.165, 1.54) is 19.2 Å². The van der Waals surface area contributed by atoms with Gasteiger partial charge in [-0.05, 0) is 96.5 Å². The summed E-state index contributed by atoms with van der Waals surface area (Å²) in [5.74, 6) is 0.272. The first-order valence-electron chi connectivity index (χ1n) is 15.7. The molecular formula is C36H35BrClF6NO3. The summed E-state index contributed by atoms with van der Waals surface area (Å²) in [5.41, 5.74) is 2.47. The Morgan fingerprint density at radius 1 is 0.854 bits per heavy atom. The van der Waals surface area contributed by atoms with Crippen LogP contribution in [-0.2, 0) is 40.2 Å². The Hall–Kier alpha value is -3.18. The van der Waals surface area contributed by atoms with Crippen LogP contribution >= 0.6 is 27.5 Å². The van der Waals surface area contributed by atoms with Crippen molar-refractivity contribution in [2.75, 3.05) is 7.11 Å². The molecule has 0 spiro atoms. The zero-order valence-corrected chi connectivity index (χ0v) is 28.5. The van der Waals surface area contributed by atoms with E-state index in [0.717, 1.165) is 49.4 Å². The van der Waals surface area contributed by atoms with Crippen molar-refractivity contribution < 1.29 is 40.6 Å². The van der Waals surface area contributed by atoms with Gasteiger partial charge in [-0.25, -0.2) is 0 Å². The van der Waals surface area contributed by atoms with Gasteiger partial charge >= 0.3 is 18.3 Å². The minimum atomic E-state index is -4.39. The molecule has 4 nitrogen and oxygen atoms in total. The molecular weight excluding hydrogens is 724 g/mol. The third-order valence-corrected chi connectivity index (χ3v) is 10.2. The lowest BCUT2D eigenvalue weighted by Gasteiger charge is -2.29. The molecule has 1 aromatic heterocycles. The Kier molecular flexibility index (Phi) is 11.4. The van der Waals surface area contributed by atoms with E-state index < -0.39 is 23.5 Å². The van der Waals surface area contributed by atoms with Crippen molar-refractivity contribution in [3.63, 3.8) is 0 Å². The summed E-state index contributed by atoms with van der Waals surface area (Å²) in [6.45, 7) is 0.0107. The average molecular weight is 759 g/mol. The third kappa shape index (κ3) is 8.51. The van der Waals surface area contributed by atoms with E-state index in [9.17, 15) is 31.1 Å². The second kappa shape index (κ2) is 15.2. The van der Waals surface area contributed by atoms with E-state index in [-0.39, 0.29) is 30.8 Å². The quantitative estimate of drug-likeness (QED) is 0.105. The summed E-state index contributed by atoms with van der Waals surface area (Å²) < 4.78 is 89.8. The highest BCUT2D eigenvalue weighted by atomic mass is 79.9. The lowest BCUT2D eigenvalue weighted by atomic mass is 9.78. The summed E-state index contributed by atoms with van der Waals surface area (Å²) in [5, 5.41) is 1.67. The Balaban J connectivity index is 0.000000236. The maximum absolute atomic E-state index is 13.6. The van der Waals surface area contributed by atoms with Gasteiger partial charge in [0.25, 0.3) is 0 Å². The lowest BCUT2D eigenvalue weighted by molar-refractivity contribution is -0.141. The van der Waals surface area contributed by atoms with Crippen LogP contribution in [0.3, 0.4) is 0 Å². The molecule has 0 radical (unpaired) electrons. The Bertz CT molecular complexity index is 1740. The first-order valence-corrected chi connectivity index (χ1v) is 17.2. The van der Waals surface area contributed by atoms with Crippen LogP contribution in [0.1, 0.15) is 95.9 Å². The summed E-state index contributed by atoms with van der Waals surface area (Å²) in [4.78, 5) is 14.6. The van der Waals surface area contributed by atoms with Gasteiger partial charge in [-0.3, -0.25) is 4.79 Å². The summed E-state index contributed by atoms with van der Waals surface area (Å²) >= 11 is 9.63. The summed E-state index contributed by atoms with van der Waals surface area (Å²) in [6.07, 6.45) is -2.62. The fraction of sp³-hybridized carbons (Fsp3) is 0.417. The Morgan fingerprint density at radius 2 is 1.42 bits per heavy atom. The smallest absolute Gasteiger partial charge is 0.416 e. The third-order valence-electron chi connectivity index (χ3n) is 9.08. The topological polar surface area (TPSA) is 51.3 Å². The number of alkyl halides is 7. The number of hydrogen-bond donors (Lipinski definition) is 1. The number of aromatic nitrogens is 1. The van der Waals surface area contributed by atoms with Crippen LogP contribution in [0.5, 0.6) is 5.75 Å². The first kappa shape index (κ1) is 36.1. The van der Waals surface area contributed by atoms with E-state index in [1.54, 1.807) is 42.5 Å². The van der Waals surface area contributed by atoms with Gasteiger partial charge in [0.1, 0.15) is 12.4 Å². The average Bonchev–Trinajstić information content (AvgIpc) is 3.31. The highest BCUT2D eigenvalue weighted by Crippen LogP contribution is 2.45. The van der Waals surface area contributed by atoms with Crippen LogP contribution < -0.4 is 4.74 Å². The van der Waals surface area contributed by atoms with Crippen molar-refractivity contribution in [2.24, 2.45) is 0 Å². The highest BCUT2D eigenvalue weighted by Gasteiger charge is 2.38. The predicted molar refractivity (Wildman–Crippen MR) is 177 cm³/mol. The number of carbonyl (C=O) groups is 1. The fourth-order valence-corrected chi connectivity index (χ4v) is 6.62. The van der Waals surface area contributed by atoms with Gasteiger partial charge in [0.2, 0.25) is 0 Å². The minimum Gasteiger partial charge on any atom is -0.489 e. The zero-order valence-electron chi connectivity index (χ0n) is 26.2. The number of ether oxygens (including phenoxy) is 2. The SMILES string of the molecule is COC(=O)CCc1[nH]c2ccc(OCc3ccc(C4CCC4)c(C(F)(F)F)c3)cc2c1Cl.FC(F)(F)c1cc(CBr)ccc1C1CCC1. The molecule has 48 heavy (non-hydrogen) atoms. The summed E-state index contributed by atoms with van der Waals surface area (Å²) in [7, 11) is 1.33. The van der Waals surface area contributed by atoms with Gasteiger partial charge in [-0.15, -0.1) is 0 Å². The molecule has 0 bridgehead atoms. The van der Waals surface area contributed by atoms with Crippen molar-refractivity contribution >= 4 is 44.4 Å². The summed E-state index contributed by atoms with van der Waals surface area (Å²) in [6, 6.07) is 14.4. The standard InChI is InChI=1S/C24H23ClF3NO3.C12H12BrF3/c1-31-22(30)10-9-21-23(25)18-12-16(6-8-20(18)29-21)32-13-14-5-7-17(15-3-2-4-15)19(11-14)24(26,27)28;13-7-8-4-5-10(9-2-1-3-9)11(6-8)12(14,15)16/h5-8,11-12,15,29H,2-4,9-10,13H2,1H3;4-6,9H,1-3,7H2. The number of esters is 1. The zero-order chi connectivity index (χ0) is 34.6. The van der Waals surface area contributed by atoms with Crippen LogP contribution in [0.15, 0.2) is 54.6 Å². The molecule has 2 saturated carbocycles. The second-order valence-electron chi connectivity index (χ2n) is 12.2. The van der Waals surface area contributed by atoms with Crippen molar-refractivity contribution in [3.05, 3.63) is 98.7 Å². The molecule has 2 fully saturated rings. The Morgan fingerprint density at radius 3 is 1.92 bits per heavy atom. The minimum absolute atomic E-state index is 0.00638. The molecule has 6 rings (SSSR count). The maximum Gasteiger partial charge on any atom is 0.416 e. The number of hydrogen-bond acceptors (Lipinski definition) is 3. The predicted octanol–water partition coefficient (Wildman–Crippen LogP) is 11.7. The van der Waals surface area contributed by atoms with E-state index >= 15 is 0 Å². The molecule has 0 unspecified atom stereocenters. The molecule has 1 heterocycles. The lowest BCUT2D eigenvalue weighted by Crippen LogP contribution is -2.17. The second-order valence-corrected chi connectivity index (χ2v) is 13.2. The molecule has 1 N–H and O–H groups in total. The largest absolute Gasteiger partial charge is 0.489 e. The van der Waals surface area contributed by atoms with Gasteiger partial charge in [0, 0.05) is 21.9 Å². The molecule has 2 aliphatic rings. The molecule has 0 amide bonds. The maximum atomic E-state index is 13.6. The number of halogens is 8. The molecule has 258 valence electrons. The number of methoxy groups -OCH3 is 1. The van der Waals surface area contributed by atoms with Gasteiger partial charge in [-0.1, -0.05) is 64.6 Å². The molecule has 4 aromatic rings. The number of carbonyl (C=O) groups excluding carboxylic acids is 1. The first-order chi connectivity index (χ1) is 22.8. The highest BCUT2D eigenvalue weighted by molar-refractivity contribution is 9.08. The van der Waals surface area contributed by atoms with Crippen LogP contribution in [0.25, 0.3) is 10.9 Å². The van der Waals surface area contributed by atoms with Crippen LogP contribution in [0.4, 0.5) is 26.3 Å². The molecule has 0 aliphatic heterocycles. The number of benzene rings is 3. The van der Waals surface area contributed by atoms with Crippen LogP contribution in [0.2, 0.25) is 5.02 Å². The van der Waals surface area contributed by atoms with Crippen molar-refractivity contribution in [3.8, 4) is 5.75 Å². The van der Waals surface area contributed by atoms with E-state index in [4.69, 9.17) is 16.3 Å². The van der Waals surface area contributed by atoms with Gasteiger partial charge in [0.15, 0.2) is 0 Å². The van der Waals surface area contributed by atoms with Crippen molar-refractivity contribution in [1.82, 2.24) is 4.98 Å². The van der Waals surface area contributed by atoms with Gasteiger partial charge < -0.3 is 14.5 Å². The van der Waals surface area contributed by atoms with Crippen molar-refractivity contribution in [1.29, 1.82) is 0 Å². The molecule has 3 aromatic carbocycles. The molecule has 0 atom stereocenters. The van der Waals surface area contributed by atoms with Crippen LogP contribution in [-0.4, -0.2) is 18.1 Å². The molecule has 2 aliphatic carbocycles. The molecule has 0 saturated heterocycles. The van der Waals surface area contributed by atoms with Crippen molar-refractivity contribution in [2.45, 2.75) is 87.5 Å². The number of fused-ring (bicyclic) bond motifs is 1. The number of nitrogens with one attached hydrogen (secondary N) is 1. The number of rotatable bonds is 9. The van der Waals surface area contributed by atoms with E-state index in [2.05, 4.69) is 25.7 Å². The number of aromatic amines is 1. The molecule has 12 heteroatoms. The van der Waals surface area contributed by atoms with Gasteiger partial charge in [0.05, 0.1) is 29.7 Å². The normalized spacial score (nSPS) is 15.4. The van der Waals surface area contributed by atoms with E-state index in [1.807, 2.05) is 0 Å². The fourth-order valence-electron chi connectivity index (χ4n) is 5.97.